The third-order valence-electron chi connectivity index (χ3n) is 3.70. The average Bonchev–Trinajstić information content (AvgIpc) is 2.58. The van der Waals surface area contributed by atoms with Crippen molar-refractivity contribution < 1.29 is 23.9 Å². The molecule has 0 aliphatic heterocycles. The van der Waals surface area contributed by atoms with E-state index in [1.807, 2.05) is 27.7 Å². The fraction of sp³-hybridized carbons (Fsp3) is 0.842. The molecule has 2 atom stereocenters. The maximum absolute atomic E-state index is 12.1. The number of hydrogen-bond acceptors (Lipinski definition) is 7. The lowest BCUT2D eigenvalue weighted by Gasteiger charge is -2.22. The first-order valence-electron chi connectivity index (χ1n) is 9.34. The molecule has 6 nitrogen and oxygen atoms in total. The quantitative estimate of drug-likeness (QED) is 0.382. The number of nitrogens with two attached hydrogens (primary N) is 1. The zero-order chi connectivity index (χ0) is 20.2. The van der Waals surface area contributed by atoms with E-state index in [9.17, 15) is 14.4 Å². The summed E-state index contributed by atoms with van der Waals surface area (Å²) < 4.78 is 10.5. The number of Topliss-reactive ketones (excluding diaryl/α,β-unsaturated/α-hetero) is 1. The van der Waals surface area contributed by atoms with E-state index in [0.717, 1.165) is 12.8 Å². The number of thioether (sulfide) groups is 1. The topological polar surface area (TPSA) is 95.7 Å². The lowest BCUT2D eigenvalue weighted by atomic mass is 9.86. The van der Waals surface area contributed by atoms with Crippen molar-refractivity contribution in [2.24, 2.45) is 11.1 Å². The van der Waals surface area contributed by atoms with Crippen LogP contribution in [0.3, 0.4) is 0 Å². The maximum Gasteiger partial charge on any atom is 0.306 e. The van der Waals surface area contributed by atoms with Crippen LogP contribution in [0.5, 0.6) is 0 Å². The first-order chi connectivity index (χ1) is 12.1. The van der Waals surface area contributed by atoms with Gasteiger partial charge >= 0.3 is 11.9 Å². The molecule has 0 aliphatic carbocycles. The SMILES string of the molecule is CCCCC(=O)O[C@@H](COC(=O)CC)CSCC[C@@H](N)C(=O)C(C)(C)C. The molecule has 0 spiro atoms. The lowest BCUT2D eigenvalue weighted by molar-refractivity contribution is -0.157. The van der Waals surface area contributed by atoms with E-state index in [4.69, 9.17) is 15.2 Å². The van der Waals surface area contributed by atoms with Crippen LogP contribution in [0.25, 0.3) is 0 Å². The van der Waals surface area contributed by atoms with E-state index in [2.05, 4.69) is 0 Å². The summed E-state index contributed by atoms with van der Waals surface area (Å²) in [4.78, 5) is 35.3. The van der Waals surface area contributed by atoms with Crippen LogP contribution in [0, 0.1) is 5.41 Å². The van der Waals surface area contributed by atoms with Gasteiger partial charge in [0.05, 0.1) is 6.04 Å². The minimum Gasteiger partial charge on any atom is -0.462 e. The van der Waals surface area contributed by atoms with Crippen molar-refractivity contribution in [2.75, 3.05) is 18.1 Å². The Morgan fingerprint density at radius 1 is 1.12 bits per heavy atom. The minimum absolute atomic E-state index is 0.0394. The molecule has 7 heteroatoms. The fourth-order valence-corrected chi connectivity index (χ4v) is 3.10. The summed E-state index contributed by atoms with van der Waals surface area (Å²) in [6, 6.07) is -0.494. The van der Waals surface area contributed by atoms with Gasteiger partial charge in [-0.05, 0) is 18.6 Å². The zero-order valence-electron chi connectivity index (χ0n) is 16.8. The standard InChI is InChI=1S/C19H35NO5S/c1-6-8-9-17(22)25-14(12-24-16(21)7-2)13-26-11-10-15(20)18(23)19(3,4)5/h14-15H,6-13,20H2,1-5H3/t14-,15+/m0/s1. The van der Waals surface area contributed by atoms with Crippen LogP contribution < -0.4 is 5.73 Å². The van der Waals surface area contributed by atoms with Crippen molar-refractivity contribution in [3.8, 4) is 0 Å². The van der Waals surface area contributed by atoms with Gasteiger partial charge in [0.25, 0.3) is 0 Å². The summed E-state index contributed by atoms with van der Waals surface area (Å²) in [6.07, 6.45) is 2.43. The van der Waals surface area contributed by atoms with E-state index >= 15 is 0 Å². The second-order valence-electron chi connectivity index (χ2n) is 7.34. The van der Waals surface area contributed by atoms with Crippen molar-refractivity contribution >= 4 is 29.5 Å². The van der Waals surface area contributed by atoms with Gasteiger partial charge in [-0.3, -0.25) is 14.4 Å². The predicted octanol–water partition coefficient (Wildman–Crippen LogP) is 3.11. The molecule has 0 aromatic carbocycles. The molecule has 0 rings (SSSR count). The molecule has 152 valence electrons. The number of esters is 2. The van der Waals surface area contributed by atoms with Crippen LogP contribution >= 0.6 is 11.8 Å². The fourth-order valence-electron chi connectivity index (χ4n) is 2.08. The van der Waals surface area contributed by atoms with Gasteiger partial charge in [-0.25, -0.2) is 0 Å². The monoisotopic (exact) mass is 389 g/mol. The van der Waals surface area contributed by atoms with Crippen LogP contribution in [0.2, 0.25) is 0 Å². The maximum atomic E-state index is 12.1. The number of unbranched alkanes of at least 4 members (excludes halogenated alkanes) is 1. The molecule has 0 radical (unpaired) electrons. The number of ether oxygens (including phenoxy) is 2. The second kappa shape index (κ2) is 13.1. The summed E-state index contributed by atoms with van der Waals surface area (Å²) in [5, 5.41) is 0. The molecule has 0 aromatic rings. The predicted molar refractivity (Wildman–Crippen MR) is 105 cm³/mol. The molecule has 0 saturated carbocycles. The molecule has 26 heavy (non-hydrogen) atoms. The van der Waals surface area contributed by atoms with E-state index in [-0.39, 0.29) is 30.7 Å². The first kappa shape index (κ1) is 24.9. The number of ketones is 1. The molecule has 0 aliphatic rings. The summed E-state index contributed by atoms with van der Waals surface area (Å²) in [5.41, 5.74) is 5.51. The van der Waals surface area contributed by atoms with E-state index in [1.165, 1.54) is 0 Å². The van der Waals surface area contributed by atoms with Crippen LogP contribution in [-0.4, -0.2) is 48.0 Å². The van der Waals surface area contributed by atoms with E-state index in [0.29, 0.717) is 24.3 Å². The van der Waals surface area contributed by atoms with Crippen LogP contribution in [-0.2, 0) is 23.9 Å². The first-order valence-corrected chi connectivity index (χ1v) is 10.5. The van der Waals surface area contributed by atoms with Crippen LogP contribution in [0.15, 0.2) is 0 Å². The zero-order valence-corrected chi connectivity index (χ0v) is 17.7. The Hall–Kier alpha value is -1.08. The van der Waals surface area contributed by atoms with Gasteiger partial charge in [-0.1, -0.05) is 41.0 Å². The van der Waals surface area contributed by atoms with Gasteiger partial charge in [0.1, 0.15) is 12.7 Å². The number of carbonyl (C=O) groups excluding carboxylic acids is 3. The summed E-state index contributed by atoms with van der Waals surface area (Å²) >= 11 is 1.54. The molecule has 0 heterocycles. The Morgan fingerprint density at radius 2 is 1.77 bits per heavy atom. The van der Waals surface area contributed by atoms with Crippen molar-refractivity contribution in [3.05, 3.63) is 0 Å². The second-order valence-corrected chi connectivity index (χ2v) is 8.49. The number of carbonyl (C=O) groups is 3. The summed E-state index contributed by atoms with van der Waals surface area (Å²) in [5.74, 6) is 0.628. The van der Waals surface area contributed by atoms with Gasteiger partial charge in [-0.15, -0.1) is 0 Å². The van der Waals surface area contributed by atoms with E-state index < -0.39 is 17.6 Å². The molecule has 2 N–H and O–H groups in total. The van der Waals surface area contributed by atoms with Crippen molar-refractivity contribution in [2.45, 2.75) is 78.9 Å². The van der Waals surface area contributed by atoms with Crippen molar-refractivity contribution in [1.29, 1.82) is 0 Å². The smallest absolute Gasteiger partial charge is 0.306 e. The number of rotatable bonds is 13. The Morgan fingerprint density at radius 3 is 2.31 bits per heavy atom. The summed E-state index contributed by atoms with van der Waals surface area (Å²) in [7, 11) is 0. The Labute approximate surface area is 161 Å². The highest BCUT2D eigenvalue weighted by molar-refractivity contribution is 7.99. The molecule has 0 fully saturated rings. The van der Waals surface area contributed by atoms with Gasteiger partial charge < -0.3 is 15.2 Å². The largest absolute Gasteiger partial charge is 0.462 e. The highest BCUT2D eigenvalue weighted by Gasteiger charge is 2.26. The molecule has 0 amide bonds. The van der Waals surface area contributed by atoms with E-state index in [1.54, 1.807) is 18.7 Å². The normalized spacial score (nSPS) is 13.8. The molecule has 0 aromatic heterocycles. The van der Waals surface area contributed by atoms with Crippen molar-refractivity contribution in [3.63, 3.8) is 0 Å². The number of hydrogen-bond donors (Lipinski definition) is 1. The minimum atomic E-state index is -0.494. The summed E-state index contributed by atoms with van der Waals surface area (Å²) in [6.45, 7) is 9.35. The molecule has 0 saturated heterocycles. The highest BCUT2D eigenvalue weighted by Crippen LogP contribution is 2.19. The average molecular weight is 390 g/mol. The third kappa shape index (κ3) is 11.5. The molecule has 0 unspecified atom stereocenters. The highest BCUT2D eigenvalue weighted by atomic mass is 32.2. The Kier molecular flexibility index (Phi) is 12.6. The molecular weight excluding hydrogens is 354 g/mol. The van der Waals surface area contributed by atoms with Crippen LogP contribution in [0.1, 0.15) is 66.7 Å². The van der Waals surface area contributed by atoms with Gasteiger partial charge in [0.15, 0.2) is 5.78 Å². The van der Waals surface area contributed by atoms with Gasteiger partial charge in [0.2, 0.25) is 0 Å². The van der Waals surface area contributed by atoms with Crippen molar-refractivity contribution in [1.82, 2.24) is 0 Å². The Bertz CT molecular complexity index is 448. The third-order valence-corrected chi connectivity index (χ3v) is 4.84. The molecular formula is C19H35NO5S. The van der Waals surface area contributed by atoms with Gasteiger partial charge in [0, 0.05) is 24.0 Å². The molecule has 0 bridgehead atoms. The lowest BCUT2D eigenvalue weighted by Crippen LogP contribution is -2.39. The van der Waals surface area contributed by atoms with Gasteiger partial charge in [-0.2, -0.15) is 11.8 Å². The van der Waals surface area contributed by atoms with Crippen LogP contribution in [0.4, 0.5) is 0 Å². The Balaban J connectivity index is 4.37.